The summed E-state index contributed by atoms with van der Waals surface area (Å²) in [5, 5.41) is 2.61. The van der Waals surface area contributed by atoms with E-state index in [1.54, 1.807) is 18.2 Å². The molecule has 0 saturated heterocycles. The van der Waals surface area contributed by atoms with Crippen molar-refractivity contribution < 1.29 is 32.6 Å². The van der Waals surface area contributed by atoms with E-state index in [9.17, 15) is 18.4 Å². The molecule has 0 unspecified atom stereocenters. The number of methoxy groups -OCH3 is 1. The van der Waals surface area contributed by atoms with Gasteiger partial charge in [0.2, 0.25) is 0 Å². The van der Waals surface area contributed by atoms with Gasteiger partial charge in [0.1, 0.15) is 0 Å². The van der Waals surface area contributed by atoms with Crippen molar-refractivity contribution in [3.63, 3.8) is 0 Å². The third kappa shape index (κ3) is 6.91. The fraction of sp³-hybridized carbons (Fsp3) is 0.238. The Morgan fingerprint density at radius 3 is 2.48 bits per heavy atom. The Labute approximate surface area is 167 Å². The van der Waals surface area contributed by atoms with Crippen LogP contribution in [-0.4, -0.2) is 32.2 Å². The Hall–Kier alpha value is -3.42. The van der Waals surface area contributed by atoms with E-state index in [-0.39, 0.29) is 17.1 Å². The zero-order chi connectivity index (χ0) is 21.2. The van der Waals surface area contributed by atoms with Gasteiger partial charge < -0.3 is 19.5 Å². The molecule has 0 atom stereocenters. The standard InChI is InChI=1S/C21H21F2NO5/c1-3-14-7-10-16(11-8-14)24-18(25)13-28-19(26)12-9-15-5-4-6-17(27-2)20(15)29-21(22)23/h4-12,21H,3,13H2,1-2H3,(H,24,25)/b12-9+. The minimum Gasteiger partial charge on any atom is -0.493 e. The van der Waals surface area contributed by atoms with Crippen molar-refractivity contribution in [2.24, 2.45) is 0 Å². The van der Waals surface area contributed by atoms with Crippen LogP contribution in [0.15, 0.2) is 48.5 Å². The van der Waals surface area contributed by atoms with E-state index in [2.05, 4.69) is 10.1 Å². The number of aryl methyl sites for hydroxylation is 1. The van der Waals surface area contributed by atoms with Crippen molar-refractivity contribution in [3.05, 3.63) is 59.7 Å². The normalized spacial score (nSPS) is 10.8. The summed E-state index contributed by atoms with van der Waals surface area (Å²) in [6.07, 6.45) is 3.13. The Morgan fingerprint density at radius 1 is 1.14 bits per heavy atom. The monoisotopic (exact) mass is 405 g/mol. The summed E-state index contributed by atoms with van der Waals surface area (Å²) in [5.74, 6) is -1.43. The highest BCUT2D eigenvalue weighted by atomic mass is 19.3. The van der Waals surface area contributed by atoms with Crippen LogP contribution in [0.1, 0.15) is 18.1 Å². The van der Waals surface area contributed by atoms with Gasteiger partial charge >= 0.3 is 12.6 Å². The number of hydrogen-bond acceptors (Lipinski definition) is 5. The molecule has 0 bridgehead atoms. The van der Waals surface area contributed by atoms with Crippen molar-refractivity contribution >= 4 is 23.6 Å². The zero-order valence-electron chi connectivity index (χ0n) is 16.0. The van der Waals surface area contributed by atoms with Gasteiger partial charge in [-0.05, 0) is 36.3 Å². The Bertz CT molecular complexity index is 866. The summed E-state index contributed by atoms with van der Waals surface area (Å²) in [6, 6.07) is 11.8. The second-order valence-electron chi connectivity index (χ2n) is 5.80. The molecule has 0 fully saturated rings. The number of amides is 1. The topological polar surface area (TPSA) is 73.9 Å². The van der Waals surface area contributed by atoms with Gasteiger partial charge in [-0.15, -0.1) is 0 Å². The predicted molar refractivity (Wildman–Crippen MR) is 104 cm³/mol. The molecular weight excluding hydrogens is 384 g/mol. The molecule has 6 nitrogen and oxygen atoms in total. The van der Waals surface area contributed by atoms with Crippen LogP contribution < -0.4 is 14.8 Å². The van der Waals surface area contributed by atoms with Gasteiger partial charge in [-0.3, -0.25) is 4.79 Å². The van der Waals surface area contributed by atoms with Crippen molar-refractivity contribution in [2.45, 2.75) is 20.0 Å². The summed E-state index contributed by atoms with van der Waals surface area (Å²) >= 11 is 0. The summed E-state index contributed by atoms with van der Waals surface area (Å²) in [4.78, 5) is 23.7. The molecule has 2 aromatic carbocycles. The Balaban J connectivity index is 1.93. The minimum absolute atomic E-state index is 0.0919. The first-order valence-corrected chi connectivity index (χ1v) is 8.78. The SMILES string of the molecule is CCc1ccc(NC(=O)COC(=O)/C=C/c2cccc(OC)c2OC(F)F)cc1. The number of carbonyl (C=O) groups is 2. The van der Waals surface area contributed by atoms with E-state index in [0.29, 0.717) is 5.69 Å². The summed E-state index contributed by atoms with van der Waals surface area (Å²) in [5.41, 5.74) is 1.92. The lowest BCUT2D eigenvalue weighted by Crippen LogP contribution is -2.20. The number of rotatable bonds is 9. The molecule has 0 aliphatic heterocycles. The lowest BCUT2D eigenvalue weighted by molar-refractivity contribution is -0.142. The van der Waals surface area contributed by atoms with Crippen molar-refractivity contribution in [1.29, 1.82) is 0 Å². The first kappa shape index (κ1) is 21.9. The van der Waals surface area contributed by atoms with Crippen LogP contribution in [0, 0.1) is 0 Å². The fourth-order valence-electron chi connectivity index (χ4n) is 2.40. The summed E-state index contributed by atoms with van der Waals surface area (Å²) < 4.78 is 39.5. The number of halogens is 2. The second kappa shape index (κ2) is 10.8. The molecule has 8 heteroatoms. The molecule has 2 rings (SSSR count). The second-order valence-corrected chi connectivity index (χ2v) is 5.80. The average molecular weight is 405 g/mol. The van der Waals surface area contributed by atoms with Crippen LogP contribution in [0.25, 0.3) is 6.08 Å². The first-order valence-electron chi connectivity index (χ1n) is 8.78. The van der Waals surface area contributed by atoms with E-state index in [1.165, 1.54) is 25.3 Å². The van der Waals surface area contributed by atoms with Crippen molar-refractivity contribution in [3.8, 4) is 11.5 Å². The van der Waals surface area contributed by atoms with Gasteiger partial charge in [-0.1, -0.05) is 31.2 Å². The van der Waals surface area contributed by atoms with Gasteiger partial charge in [0.25, 0.3) is 5.91 Å². The number of para-hydroxylation sites is 1. The third-order valence-corrected chi connectivity index (χ3v) is 3.83. The minimum atomic E-state index is -3.06. The molecule has 0 aromatic heterocycles. The maximum Gasteiger partial charge on any atom is 0.387 e. The molecule has 1 amide bonds. The average Bonchev–Trinajstić information content (AvgIpc) is 2.71. The molecule has 1 N–H and O–H groups in total. The lowest BCUT2D eigenvalue weighted by Gasteiger charge is -2.12. The van der Waals surface area contributed by atoms with E-state index >= 15 is 0 Å². The van der Waals surface area contributed by atoms with E-state index in [1.807, 2.05) is 19.1 Å². The van der Waals surface area contributed by atoms with E-state index in [0.717, 1.165) is 18.1 Å². The van der Waals surface area contributed by atoms with E-state index < -0.39 is 25.1 Å². The first-order chi connectivity index (χ1) is 13.9. The molecule has 0 aliphatic rings. The smallest absolute Gasteiger partial charge is 0.387 e. The summed E-state index contributed by atoms with van der Waals surface area (Å²) in [7, 11) is 1.31. The number of anilines is 1. The fourth-order valence-corrected chi connectivity index (χ4v) is 2.40. The number of alkyl halides is 2. The molecule has 0 saturated carbocycles. The van der Waals surface area contributed by atoms with Gasteiger partial charge in [-0.2, -0.15) is 8.78 Å². The van der Waals surface area contributed by atoms with Gasteiger partial charge in [-0.25, -0.2) is 4.79 Å². The maximum atomic E-state index is 12.6. The molecule has 2 aromatic rings. The van der Waals surface area contributed by atoms with Crippen LogP contribution in [0.3, 0.4) is 0 Å². The van der Waals surface area contributed by atoms with Crippen LogP contribution in [-0.2, 0) is 20.7 Å². The largest absolute Gasteiger partial charge is 0.493 e. The Kier molecular flexibility index (Phi) is 8.14. The highest BCUT2D eigenvalue weighted by Gasteiger charge is 2.14. The van der Waals surface area contributed by atoms with Gasteiger partial charge in [0.15, 0.2) is 18.1 Å². The molecule has 154 valence electrons. The molecule has 0 radical (unpaired) electrons. The number of benzene rings is 2. The number of hydrogen-bond donors (Lipinski definition) is 1. The van der Waals surface area contributed by atoms with Crippen molar-refractivity contribution in [2.75, 3.05) is 19.0 Å². The third-order valence-electron chi connectivity index (χ3n) is 3.83. The predicted octanol–water partition coefficient (Wildman–Crippen LogP) is 4.05. The molecule has 0 aliphatic carbocycles. The quantitative estimate of drug-likeness (QED) is 0.503. The lowest BCUT2D eigenvalue weighted by atomic mass is 10.1. The van der Waals surface area contributed by atoms with Crippen LogP contribution in [0.4, 0.5) is 14.5 Å². The number of esters is 1. The molecule has 0 heterocycles. The molecular formula is C21H21F2NO5. The van der Waals surface area contributed by atoms with Crippen LogP contribution in [0.2, 0.25) is 0 Å². The highest BCUT2D eigenvalue weighted by molar-refractivity contribution is 5.94. The summed E-state index contributed by atoms with van der Waals surface area (Å²) in [6.45, 7) is -1.52. The highest BCUT2D eigenvalue weighted by Crippen LogP contribution is 2.33. The number of ether oxygens (including phenoxy) is 3. The molecule has 29 heavy (non-hydrogen) atoms. The zero-order valence-corrected chi connectivity index (χ0v) is 16.0. The van der Waals surface area contributed by atoms with Crippen LogP contribution in [0.5, 0.6) is 11.5 Å². The van der Waals surface area contributed by atoms with Gasteiger partial charge in [0, 0.05) is 17.3 Å². The maximum absolute atomic E-state index is 12.6. The number of nitrogens with one attached hydrogen (secondary N) is 1. The molecule has 0 spiro atoms. The van der Waals surface area contributed by atoms with Gasteiger partial charge in [0.05, 0.1) is 7.11 Å². The van der Waals surface area contributed by atoms with Crippen molar-refractivity contribution in [1.82, 2.24) is 0 Å². The van der Waals surface area contributed by atoms with Crippen LogP contribution >= 0.6 is 0 Å². The Morgan fingerprint density at radius 2 is 1.86 bits per heavy atom. The number of carbonyl (C=O) groups excluding carboxylic acids is 2. The van der Waals surface area contributed by atoms with E-state index in [4.69, 9.17) is 9.47 Å².